The van der Waals surface area contributed by atoms with Gasteiger partial charge >= 0.3 is 0 Å². The number of aromatic nitrogens is 3. The minimum atomic E-state index is 0.498. The Bertz CT molecular complexity index is 853. The number of ether oxygens (including phenoxy) is 1. The summed E-state index contributed by atoms with van der Waals surface area (Å²) in [6, 6.07) is 8.19. The Kier molecular flexibility index (Phi) is 8.30. The molecule has 1 aliphatic rings. The molecule has 7 heteroatoms. The van der Waals surface area contributed by atoms with Crippen LogP contribution in [0.5, 0.6) is 5.75 Å². The second-order valence-electron chi connectivity index (χ2n) is 7.70. The number of aliphatic imine (C=N–C) groups is 1. The monoisotopic (exact) mass is 410 g/mol. The Morgan fingerprint density at radius 2 is 1.87 bits per heavy atom. The van der Waals surface area contributed by atoms with Crippen LogP contribution in [0.1, 0.15) is 49.3 Å². The number of nitrogens with zero attached hydrogens (tertiary/aromatic N) is 4. The second kappa shape index (κ2) is 11.4. The third-order valence-electron chi connectivity index (χ3n) is 5.55. The number of hydrogen-bond donors (Lipinski definition) is 2. The molecule has 0 amide bonds. The molecule has 1 aliphatic carbocycles. The molecule has 1 heterocycles. The fourth-order valence-corrected chi connectivity index (χ4v) is 3.50. The molecule has 0 saturated heterocycles. The number of aryl methyl sites for hydroxylation is 1. The average molecular weight is 411 g/mol. The van der Waals surface area contributed by atoms with Crippen molar-refractivity contribution in [3.05, 3.63) is 53.1 Å². The van der Waals surface area contributed by atoms with Crippen LogP contribution >= 0.6 is 0 Å². The highest BCUT2D eigenvalue weighted by Gasteiger charge is 2.07. The van der Waals surface area contributed by atoms with Gasteiger partial charge in [-0.15, -0.1) is 10.2 Å². The minimum absolute atomic E-state index is 0.498. The maximum Gasteiger partial charge on any atom is 0.191 e. The molecule has 0 bridgehead atoms. The van der Waals surface area contributed by atoms with Gasteiger partial charge in [-0.1, -0.05) is 23.8 Å². The van der Waals surface area contributed by atoms with Crippen molar-refractivity contribution in [2.75, 3.05) is 20.2 Å². The summed E-state index contributed by atoms with van der Waals surface area (Å²) in [5, 5.41) is 15.3. The fraction of sp³-hybridized carbons (Fsp3) is 0.522. The van der Waals surface area contributed by atoms with Crippen LogP contribution in [0.2, 0.25) is 0 Å². The van der Waals surface area contributed by atoms with E-state index in [0.29, 0.717) is 6.54 Å². The first kappa shape index (κ1) is 21.9. The van der Waals surface area contributed by atoms with E-state index in [4.69, 9.17) is 9.73 Å². The minimum Gasteiger partial charge on any atom is -0.497 e. The SMILES string of the molecule is COc1ccc(CCNC(=NCc2nnc(C)n2C)NCCC2=CCCCC2)cc1. The van der Waals surface area contributed by atoms with Gasteiger partial charge in [0, 0.05) is 20.1 Å². The van der Waals surface area contributed by atoms with Gasteiger partial charge in [0.05, 0.1) is 7.11 Å². The van der Waals surface area contributed by atoms with Gasteiger partial charge in [0.2, 0.25) is 0 Å². The smallest absolute Gasteiger partial charge is 0.191 e. The zero-order valence-corrected chi connectivity index (χ0v) is 18.4. The van der Waals surface area contributed by atoms with Crippen molar-refractivity contribution < 1.29 is 4.74 Å². The summed E-state index contributed by atoms with van der Waals surface area (Å²) in [4.78, 5) is 4.74. The van der Waals surface area contributed by atoms with Gasteiger partial charge in [-0.3, -0.25) is 0 Å². The quantitative estimate of drug-likeness (QED) is 0.377. The van der Waals surface area contributed by atoms with Gasteiger partial charge in [-0.05, 0) is 63.1 Å². The van der Waals surface area contributed by atoms with Gasteiger partial charge in [0.15, 0.2) is 11.8 Å². The molecule has 2 N–H and O–H groups in total. The molecule has 3 rings (SSSR count). The molecule has 30 heavy (non-hydrogen) atoms. The van der Waals surface area contributed by atoms with Crippen LogP contribution in [0.3, 0.4) is 0 Å². The molecule has 7 nitrogen and oxygen atoms in total. The van der Waals surface area contributed by atoms with Gasteiger partial charge in [-0.25, -0.2) is 4.99 Å². The standard InChI is InChI=1S/C23H34N6O/c1-18-27-28-22(29(18)2)17-26-23(24-15-13-19-7-5-4-6-8-19)25-16-14-20-9-11-21(30-3)12-10-20/h7,9-12H,4-6,8,13-17H2,1-3H3,(H2,24,25,26). The lowest BCUT2D eigenvalue weighted by Crippen LogP contribution is -2.39. The number of methoxy groups -OCH3 is 1. The van der Waals surface area contributed by atoms with E-state index in [0.717, 1.165) is 49.3 Å². The highest BCUT2D eigenvalue weighted by Crippen LogP contribution is 2.19. The van der Waals surface area contributed by atoms with Crippen molar-refractivity contribution in [3.63, 3.8) is 0 Å². The summed E-state index contributed by atoms with van der Waals surface area (Å²) in [6.45, 7) is 4.14. The predicted molar refractivity (Wildman–Crippen MR) is 121 cm³/mol. The van der Waals surface area contributed by atoms with Crippen LogP contribution in [-0.4, -0.2) is 40.9 Å². The summed E-state index contributed by atoms with van der Waals surface area (Å²) < 4.78 is 7.21. The van der Waals surface area contributed by atoms with E-state index in [1.54, 1.807) is 12.7 Å². The van der Waals surface area contributed by atoms with Gasteiger partial charge in [0.1, 0.15) is 18.1 Å². The highest BCUT2D eigenvalue weighted by atomic mass is 16.5. The van der Waals surface area contributed by atoms with Crippen LogP contribution < -0.4 is 15.4 Å². The van der Waals surface area contributed by atoms with Crippen LogP contribution in [0, 0.1) is 6.92 Å². The van der Waals surface area contributed by atoms with Crippen molar-refractivity contribution >= 4 is 5.96 Å². The van der Waals surface area contributed by atoms with Crippen molar-refractivity contribution in [1.29, 1.82) is 0 Å². The molecular formula is C23H34N6O. The molecule has 1 aromatic heterocycles. The zero-order chi connectivity index (χ0) is 21.2. The summed E-state index contributed by atoms with van der Waals surface area (Å²) in [5.74, 6) is 3.46. The number of benzene rings is 1. The molecule has 0 saturated carbocycles. The van der Waals surface area contributed by atoms with E-state index < -0.39 is 0 Å². The molecule has 0 spiro atoms. The van der Waals surface area contributed by atoms with E-state index in [9.17, 15) is 0 Å². The lowest BCUT2D eigenvalue weighted by atomic mass is 9.97. The first-order chi connectivity index (χ1) is 14.7. The first-order valence-corrected chi connectivity index (χ1v) is 10.8. The molecule has 0 radical (unpaired) electrons. The van der Waals surface area contributed by atoms with Gasteiger partial charge < -0.3 is 19.9 Å². The van der Waals surface area contributed by atoms with Crippen LogP contribution in [0.4, 0.5) is 0 Å². The van der Waals surface area contributed by atoms with Gasteiger partial charge in [-0.2, -0.15) is 0 Å². The Hall–Kier alpha value is -2.83. The Morgan fingerprint density at radius 1 is 1.10 bits per heavy atom. The van der Waals surface area contributed by atoms with Crippen molar-refractivity contribution in [1.82, 2.24) is 25.4 Å². The third-order valence-corrected chi connectivity index (χ3v) is 5.55. The summed E-state index contributed by atoms with van der Waals surface area (Å²) >= 11 is 0. The Morgan fingerprint density at radius 3 is 2.50 bits per heavy atom. The molecule has 2 aromatic rings. The van der Waals surface area contributed by atoms with E-state index in [1.807, 2.05) is 30.7 Å². The Labute approximate surface area is 179 Å². The predicted octanol–water partition coefficient (Wildman–Crippen LogP) is 3.30. The normalized spacial score (nSPS) is 14.4. The maximum absolute atomic E-state index is 5.23. The molecule has 0 aliphatic heterocycles. The third kappa shape index (κ3) is 6.61. The molecule has 0 atom stereocenters. The molecule has 0 fully saturated rings. The molecule has 0 unspecified atom stereocenters. The van der Waals surface area contributed by atoms with E-state index in [-0.39, 0.29) is 0 Å². The molecular weight excluding hydrogens is 376 g/mol. The summed E-state index contributed by atoms with van der Waals surface area (Å²) in [5.41, 5.74) is 2.83. The van der Waals surface area contributed by atoms with Crippen molar-refractivity contribution in [3.8, 4) is 5.75 Å². The number of hydrogen-bond acceptors (Lipinski definition) is 4. The van der Waals surface area contributed by atoms with E-state index >= 15 is 0 Å². The number of allylic oxidation sites excluding steroid dienone is 1. The zero-order valence-electron chi connectivity index (χ0n) is 18.4. The summed E-state index contributed by atoms with van der Waals surface area (Å²) in [6.07, 6.45) is 9.49. The number of rotatable bonds is 9. The molecule has 162 valence electrons. The van der Waals surface area contributed by atoms with Crippen LogP contribution in [-0.2, 0) is 20.0 Å². The fourth-order valence-electron chi connectivity index (χ4n) is 3.50. The number of nitrogens with one attached hydrogen (secondary N) is 2. The van der Waals surface area contributed by atoms with Crippen molar-refractivity contribution in [2.45, 2.75) is 52.0 Å². The number of guanidine groups is 1. The van der Waals surface area contributed by atoms with E-state index in [1.165, 1.54) is 31.2 Å². The van der Waals surface area contributed by atoms with E-state index in [2.05, 4.69) is 39.0 Å². The summed E-state index contributed by atoms with van der Waals surface area (Å²) in [7, 11) is 3.66. The van der Waals surface area contributed by atoms with Crippen LogP contribution in [0.25, 0.3) is 0 Å². The largest absolute Gasteiger partial charge is 0.497 e. The van der Waals surface area contributed by atoms with Crippen molar-refractivity contribution in [2.24, 2.45) is 12.0 Å². The topological polar surface area (TPSA) is 76.4 Å². The van der Waals surface area contributed by atoms with Gasteiger partial charge in [0.25, 0.3) is 0 Å². The average Bonchev–Trinajstić information content (AvgIpc) is 3.10. The molecule has 1 aromatic carbocycles. The maximum atomic E-state index is 5.23. The lowest BCUT2D eigenvalue weighted by molar-refractivity contribution is 0.414. The van der Waals surface area contributed by atoms with Crippen LogP contribution in [0.15, 0.2) is 40.9 Å². The highest BCUT2D eigenvalue weighted by molar-refractivity contribution is 5.79. The first-order valence-electron chi connectivity index (χ1n) is 10.8. The Balaban J connectivity index is 1.54. The lowest BCUT2D eigenvalue weighted by Gasteiger charge is -2.16. The second-order valence-corrected chi connectivity index (χ2v) is 7.70.